The molecule has 31 heteroatoms. The lowest BCUT2D eigenvalue weighted by atomic mass is 9.97. The third kappa shape index (κ3) is 27.6. The van der Waals surface area contributed by atoms with Crippen molar-refractivity contribution >= 4 is 109 Å². The van der Waals surface area contributed by atoms with Crippen molar-refractivity contribution in [1.29, 1.82) is 0 Å². The van der Waals surface area contributed by atoms with Gasteiger partial charge in [0.1, 0.15) is 42.3 Å². The number of carboxylic acid groups (broad SMARTS) is 1. The summed E-state index contributed by atoms with van der Waals surface area (Å²) in [6.45, 7) is 6.63. The number of rotatable bonds is 36. The van der Waals surface area contributed by atoms with Crippen LogP contribution in [0.3, 0.4) is 0 Å². The average molecular weight is 1080 g/mol. The molecule has 23 N–H and O–H groups in total. The fourth-order valence-corrected chi connectivity index (χ4v) is 7.08. The zero-order valence-electron chi connectivity index (χ0n) is 41.2. The first kappa shape index (κ1) is 66.0. The summed E-state index contributed by atoms with van der Waals surface area (Å²) in [6, 6.07) is -10.00. The van der Waals surface area contributed by atoms with E-state index in [0.717, 1.165) is 0 Å². The number of hydrogen-bond acceptors (Lipinski definition) is 16. The number of nitrogens with two attached hydrogens (primary N) is 7. The van der Waals surface area contributed by atoms with Gasteiger partial charge >= 0.3 is 5.97 Å². The minimum atomic E-state index is -1.36. The molecule has 0 aromatic carbocycles. The Morgan fingerprint density at radius 1 is 0.500 bits per heavy atom. The van der Waals surface area contributed by atoms with Gasteiger partial charge in [0, 0.05) is 36.9 Å². The van der Waals surface area contributed by atoms with Crippen LogP contribution in [0.4, 0.5) is 0 Å². The average Bonchev–Trinajstić information content (AvgIpc) is 3.31. The van der Waals surface area contributed by atoms with Crippen molar-refractivity contribution in [2.24, 2.45) is 66.9 Å². The molecule has 0 saturated carbocycles. The molecule has 0 radical (unpaired) electrons. The predicted octanol–water partition coefficient (Wildman–Crippen LogP) is -6.05. The quantitative estimate of drug-likeness (QED) is 0.0120. The fraction of sp³-hybridized carbons (Fsp3) is 0.707. The van der Waals surface area contributed by atoms with Crippen LogP contribution in [-0.4, -0.2) is 168 Å². The maximum Gasteiger partial charge on any atom is 0.327 e. The minimum absolute atomic E-state index is 0.0406. The van der Waals surface area contributed by atoms with E-state index in [4.69, 9.17) is 40.1 Å². The van der Waals surface area contributed by atoms with Crippen LogP contribution in [0.5, 0.6) is 0 Å². The Balaban J connectivity index is 6.22. The second kappa shape index (κ2) is 36.0. The largest absolute Gasteiger partial charge is 0.480 e. The first-order chi connectivity index (χ1) is 33.8. The molecule has 0 bridgehead atoms. The topological polar surface area (TPSA) is 489 Å². The van der Waals surface area contributed by atoms with E-state index >= 15 is 0 Å². The summed E-state index contributed by atoms with van der Waals surface area (Å²) in [5.74, 6) is -9.54. The second-order valence-electron chi connectivity index (χ2n) is 17.0. The Kier molecular flexibility index (Phi) is 33.1. The zero-order valence-corrected chi connectivity index (χ0v) is 43.9. The van der Waals surface area contributed by atoms with Crippen molar-refractivity contribution in [1.82, 2.24) is 42.5 Å². The molecule has 0 aliphatic rings. The van der Waals surface area contributed by atoms with E-state index in [9.17, 15) is 48.3 Å². The highest BCUT2D eigenvalue weighted by atomic mass is 32.1. The molecule has 9 atom stereocenters. The smallest absolute Gasteiger partial charge is 0.327 e. The van der Waals surface area contributed by atoms with Crippen molar-refractivity contribution < 1.29 is 48.3 Å². The number of guanidine groups is 3. The van der Waals surface area contributed by atoms with Crippen molar-refractivity contribution in [2.75, 3.05) is 43.4 Å². The van der Waals surface area contributed by atoms with Crippen LogP contribution in [0.1, 0.15) is 79.1 Å². The first-order valence-corrected chi connectivity index (χ1v) is 25.1. The van der Waals surface area contributed by atoms with Gasteiger partial charge in [-0.05, 0) is 56.8 Å². The molecule has 0 unspecified atom stereocenters. The number of carbonyl (C=O) groups is 9. The van der Waals surface area contributed by atoms with Crippen LogP contribution >= 0.6 is 37.9 Å². The van der Waals surface area contributed by atoms with Crippen LogP contribution in [0, 0.1) is 11.8 Å². The van der Waals surface area contributed by atoms with E-state index in [1.54, 1.807) is 27.7 Å². The van der Waals surface area contributed by atoms with Gasteiger partial charge in [0.05, 0.1) is 12.6 Å². The van der Waals surface area contributed by atoms with Gasteiger partial charge in [-0.3, -0.25) is 53.3 Å². The summed E-state index contributed by atoms with van der Waals surface area (Å²) in [5, 5.41) is 29.6. The van der Waals surface area contributed by atoms with E-state index in [1.165, 1.54) is 0 Å². The van der Waals surface area contributed by atoms with E-state index in [1.807, 2.05) is 0 Å². The number of nitrogens with one attached hydrogen (secondary N) is 8. The molecule has 28 nitrogen and oxygen atoms in total. The van der Waals surface area contributed by atoms with Gasteiger partial charge in [-0.25, -0.2) is 4.79 Å². The van der Waals surface area contributed by atoms with Gasteiger partial charge in [0.15, 0.2) is 17.9 Å². The van der Waals surface area contributed by atoms with E-state index < -0.39 is 114 Å². The number of carbonyl (C=O) groups excluding carboxylic acids is 8. The number of carboxylic acids is 1. The van der Waals surface area contributed by atoms with Gasteiger partial charge in [0.25, 0.3) is 0 Å². The number of thiol groups is 3. The van der Waals surface area contributed by atoms with Crippen LogP contribution < -0.4 is 82.7 Å². The molecule has 0 aromatic heterocycles. The van der Waals surface area contributed by atoms with Crippen molar-refractivity contribution in [3.05, 3.63) is 0 Å². The molecule has 72 heavy (non-hydrogen) atoms. The Hall–Kier alpha value is -5.95. The highest BCUT2D eigenvalue weighted by molar-refractivity contribution is 7.80. The number of amides is 8. The van der Waals surface area contributed by atoms with Crippen LogP contribution in [0.2, 0.25) is 0 Å². The first-order valence-electron chi connectivity index (χ1n) is 23.2. The van der Waals surface area contributed by atoms with E-state index in [0.29, 0.717) is 12.8 Å². The summed E-state index contributed by atoms with van der Waals surface area (Å²) in [5.41, 5.74) is 38.4. The molecule has 0 aliphatic carbocycles. The Labute approximate surface area is 436 Å². The maximum absolute atomic E-state index is 13.9. The lowest BCUT2D eigenvalue weighted by molar-refractivity contribution is -0.142. The number of aliphatic carboxylic acids is 1. The molecule has 0 rings (SSSR count). The number of nitrogens with zero attached hydrogens (tertiary/aromatic N) is 3. The summed E-state index contributed by atoms with van der Waals surface area (Å²) in [6.07, 6.45) is 1.26. The van der Waals surface area contributed by atoms with E-state index in [-0.39, 0.29) is 99.2 Å². The van der Waals surface area contributed by atoms with Gasteiger partial charge in [0.2, 0.25) is 47.3 Å². The van der Waals surface area contributed by atoms with Crippen LogP contribution in [0.15, 0.2) is 15.0 Å². The van der Waals surface area contributed by atoms with E-state index in [2.05, 4.69) is 95.4 Å². The Morgan fingerprint density at radius 2 is 0.889 bits per heavy atom. The Bertz CT molecular complexity index is 1890. The van der Waals surface area contributed by atoms with Gasteiger partial charge in [-0.2, -0.15) is 37.9 Å². The number of aliphatic imine (C=N–C) groups is 3. The minimum Gasteiger partial charge on any atom is -0.480 e. The lowest BCUT2D eigenvalue weighted by Gasteiger charge is -2.28. The van der Waals surface area contributed by atoms with Gasteiger partial charge < -0.3 is 87.8 Å². The maximum atomic E-state index is 13.9. The number of hydrogen-bond donors (Lipinski definition) is 19. The van der Waals surface area contributed by atoms with Crippen molar-refractivity contribution in [2.45, 2.75) is 127 Å². The second-order valence-corrected chi connectivity index (χ2v) is 18.1. The lowest BCUT2D eigenvalue weighted by Crippen LogP contribution is -2.60. The Morgan fingerprint density at radius 3 is 1.35 bits per heavy atom. The molecule has 0 aliphatic heterocycles. The predicted molar refractivity (Wildman–Crippen MR) is 282 cm³/mol. The monoisotopic (exact) mass is 1080 g/mol. The molecular formula is C41H78N18O10S3. The van der Waals surface area contributed by atoms with Gasteiger partial charge in [-0.15, -0.1) is 0 Å². The summed E-state index contributed by atoms with van der Waals surface area (Å²) in [4.78, 5) is 131. The van der Waals surface area contributed by atoms with Crippen molar-refractivity contribution in [3.63, 3.8) is 0 Å². The molecule has 0 spiro atoms. The fourth-order valence-electron chi connectivity index (χ4n) is 6.32. The molecular weight excluding hydrogens is 1000 g/mol. The molecule has 0 aromatic rings. The summed E-state index contributed by atoms with van der Waals surface area (Å²) < 4.78 is 0. The molecule has 8 amide bonds. The standard InChI is InChI=1S/C41H78N18O10S3/c1-5-21(4)30(37(67)58-28(19-72)38(68)69)59-34(64)24(11-8-14-51-41(47)48)54-33(63)23(10-7-13-50-40(45)46)53-29(60)16-52-32(62)26(17-70)57-35(65)25(15-20(2)3)55-36(66)27(18-71)56-31(61)22(42)9-6-12-49-39(43)44/h20-28,30,70-72H,5-19,42H2,1-4H3,(H,52,62)(H,53,60)(H,54,63)(H,55,66)(H,56,61)(H,57,65)(H,58,67)(H,59,64)(H,68,69)(H4,43,44,49)(H4,45,46,50)(H4,47,48,51)/t21-,22-,23-,24-,25-,26-,27-,28-,30-/m0/s1. The highest BCUT2D eigenvalue weighted by Gasteiger charge is 2.34. The summed E-state index contributed by atoms with van der Waals surface area (Å²) in [7, 11) is 0. The molecule has 410 valence electrons. The van der Waals surface area contributed by atoms with Crippen LogP contribution in [0.25, 0.3) is 0 Å². The van der Waals surface area contributed by atoms with Gasteiger partial charge in [-0.1, -0.05) is 34.1 Å². The summed E-state index contributed by atoms with van der Waals surface area (Å²) >= 11 is 12.4. The van der Waals surface area contributed by atoms with Crippen molar-refractivity contribution in [3.8, 4) is 0 Å². The highest BCUT2D eigenvalue weighted by Crippen LogP contribution is 2.12. The SMILES string of the molecule is CC[C@H](C)[C@H](NC(=O)[C@H](CCCN=C(N)N)NC(=O)[C@H](CCCN=C(N)N)NC(=O)CNC(=O)[C@H](CS)NC(=O)[C@H](CC(C)C)NC(=O)[C@H](CS)NC(=O)[C@@H](N)CCCN=C(N)N)C(=O)N[C@@H](CS)C(=O)O. The normalized spacial score (nSPS) is 14.6. The molecule has 0 fully saturated rings. The third-order valence-electron chi connectivity index (χ3n) is 10.5. The zero-order chi connectivity index (χ0) is 55.1. The molecule has 0 saturated heterocycles. The molecule has 0 heterocycles. The van der Waals surface area contributed by atoms with Crippen LogP contribution in [-0.2, 0) is 43.2 Å². The third-order valence-corrected chi connectivity index (χ3v) is 11.6.